The molecule has 0 unspecified atom stereocenters. The van der Waals surface area contributed by atoms with E-state index in [4.69, 9.17) is 10.00 Å². The molecule has 1 N–H and O–H groups in total. The van der Waals surface area contributed by atoms with Crippen LogP contribution in [0.2, 0.25) is 0 Å². The number of nitrogens with zero attached hydrogens (tertiary/aromatic N) is 1. The topological polar surface area (TPSA) is 45.0 Å². The average Bonchev–Trinajstić information content (AvgIpc) is 2.46. The van der Waals surface area contributed by atoms with Gasteiger partial charge in [-0.25, -0.2) is 8.78 Å². The predicted octanol–water partition coefficient (Wildman–Crippen LogP) is 3.46. The molecule has 0 saturated heterocycles. The summed E-state index contributed by atoms with van der Waals surface area (Å²) in [4.78, 5) is 0. The Morgan fingerprint density at radius 1 is 1.15 bits per heavy atom. The zero-order valence-corrected chi connectivity index (χ0v) is 10.8. The summed E-state index contributed by atoms with van der Waals surface area (Å²) in [5.41, 5.74) is 1.23. The van der Waals surface area contributed by atoms with Crippen LogP contribution < -0.4 is 10.1 Å². The zero-order chi connectivity index (χ0) is 14.5. The summed E-state index contributed by atoms with van der Waals surface area (Å²) in [5.74, 6) is -0.762. The van der Waals surface area contributed by atoms with E-state index in [1.165, 1.54) is 37.4 Å². The number of benzene rings is 2. The molecule has 0 spiro atoms. The van der Waals surface area contributed by atoms with Crippen LogP contribution in [-0.2, 0) is 6.54 Å². The maximum atomic E-state index is 13.6. The number of hydrogen-bond donors (Lipinski definition) is 1. The van der Waals surface area contributed by atoms with Crippen LogP contribution in [0.5, 0.6) is 5.75 Å². The Hall–Kier alpha value is -2.61. The molecule has 0 amide bonds. The predicted molar refractivity (Wildman–Crippen MR) is 71.4 cm³/mol. The maximum Gasteiger partial charge on any atom is 0.167 e. The fraction of sp³-hybridized carbons (Fsp3) is 0.133. The first-order valence-electron chi connectivity index (χ1n) is 5.90. The quantitative estimate of drug-likeness (QED) is 0.928. The van der Waals surface area contributed by atoms with Gasteiger partial charge in [0.15, 0.2) is 11.6 Å². The highest BCUT2D eigenvalue weighted by Crippen LogP contribution is 2.21. The molecule has 0 saturated carbocycles. The number of halogens is 2. The maximum absolute atomic E-state index is 13.6. The van der Waals surface area contributed by atoms with Crippen LogP contribution in [0.25, 0.3) is 0 Å². The number of nitrogens with one attached hydrogen (secondary N) is 1. The van der Waals surface area contributed by atoms with Crippen LogP contribution in [0.3, 0.4) is 0 Å². The van der Waals surface area contributed by atoms with Crippen molar-refractivity contribution in [3.63, 3.8) is 0 Å². The molecule has 0 aliphatic heterocycles. The van der Waals surface area contributed by atoms with Gasteiger partial charge in [0.05, 0.1) is 18.7 Å². The molecule has 2 rings (SSSR count). The normalized spacial score (nSPS) is 9.90. The molecular weight excluding hydrogens is 262 g/mol. The first-order valence-corrected chi connectivity index (χ1v) is 5.90. The Kier molecular flexibility index (Phi) is 4.16. The molecule has 5 heteroatoms. The van der Waals surface area contributed by atoms with Gasteiger partial charge in [-0.3, -0.25) is 0 Å². The van der Waals surface area contributed by atoms with Crippen LogP contribution in [0, 0.1) is 23.0 Å². The van der Waals surface area contributed by atoms with Gasteiger partial charge < -0.3 is 10.1 Å². The third kappa shape index (κ3) is 3.04. The van der Waals surface area contributed by atoms with Crippen molar-refractivity contribution in [1.29, 1.82) is 5.26 Å². The van der Waals surface area contributed by atoms with Crippen molar-refractivity contribution < 1.29 is 13.5 Å². The number of hydrogen-bond acceptors (Lipinski definition) is 3. The van der Waals surface area contributed by atoms with Crippen LogP contribution >= 0.6 is 0 Å². The number of rotatable bonds is 4. The number of methoxy groups -OCH3 is 1. The van der Waals surface area contributed by atoms with E-state index >= 15 is 0 Å². The Morgan fingerprint density at radius 3 is 2.60 bits per heavy atom. The summed E-state index contributed by atoms with van der Waals surface area (Å²) in [6.45, 7) is 0.160. The van der Waals surface area contributed by atoms with Gasteiger partial charge in [0, 0.05) is 23.9 Å². The lowest BCUT2D eigenvalue weighted by Gasteiger charge is -2.09. The van der Waals surface area contributed by atoms with Crippen molar-refractivity contribution in [1.82, 2.24) is 0 Å². The lowest BCUT2D eigenvalue weighted by molar-refractivity contribution is 0.386. The summed E-state index contributed by atoms with van der Waals surface area (Å²) in [5, 5.41) is 11.7. The zero-order valence-electron chi connectivity index (χ0n) is 10.8. The molecule has 2 aromatic rings. The molecule has 0 bridgehead atoms. The second-order valence-corrected chi connectivity index (χ2v) is 4.12. The average molecular weight is 274 g/mol. The van der Waals surface area contributed by atoms with Crippen molar-refractivity contribution in [2.75, 3.05) is 12.4 Å². The Labute approximate surface area is 115 Å². The van der Waals surface area contributed by atoms with Crippen LogP contribution in [-0.4, -0.2) is 7.11 Å². The third-order valence-corrected chi connectivity index (χ3v) is 2.81. The minimum atomic E-state index is -0.497. The SMILES string of the molecule is COc1ccc(NCc2cc(C#N)ccc2F)cc1F. The molecule has 20 heavy (non-hydrogen) atoms. The van der Waals surface area contributed by atoms with E-state index in [0.29, 0.717) is 16.8 Å². The molecule has 0 heterocycles. The first-order chi connectivity index (χ1) is 9.63. The number of ether oxygens (including phenoxy) is 1. The molecule has 0 aliphatic carbocycles. The van der Waals surface area contributed by atoms with Gasteiger partial charge in [0.2, 0.25) is 0 Å². The second-order valence-electron chi connectivity index (χ2n) is 4.12. The van der Waals surface area contributed by atoms with Gasteiger partial charge in [0.25, 0.3) is 0 Å². The molecule has 102 valence electrons. The lowest BCUT2D eigenvalue weighted by atomic mass is 10.1. The van der Waals surface area contributed by atoms with Crippen molar-refractivity contribution in [2.45, 2.75) is 6.54 Å². The second kappa shape index (κ2) is 6.02. The van der Waals surface area contributed by atoms with Crippen LogP contribution in [0.4, 0.5) is 14.5 Å². The van der Waals surface area contributed by atoms with Gasteiger partial charge in [0.1, 0.15) is 5.82 Å². The largest absolute Gasteiger partial charge is 0.494 e. The summed E-state index contributed by atoms with van der Waals surface area (Å²) in [6, 6.07) is 10.4. The third-order valence-electron chi connectivity index (χ3n) is 2.81. The standard InChI is InChI=1S/C15H12F2N2O/c1-20-15-5-3-12(7-14(15)17)19-9-11-6-10(8-18)2-4-13(11)16/h2-7,19H,9H2,1H3. The van der Waals surface area contributed by atoms with Crippen molar-refractivity contribution in [3.8, 4) is 11.8 Å². The molecule has 0 fully saturated rings. The molecule has 0 aliphatic rings. The molecule has 3 nitrogen and oxygen atoms in total. The van der Waals surface area contributed by atoms with Crippen molar-refractivity contribution in [2.24, 2.45) is 0 Å². The summed E-state index contributed by atoms with van der Waals surface area (Å²) < 4.78 is 31.9. The summed E-state index contributed by atoms with van der Waals surface area (Å²) in [7, 11) is 1.38. The van der Waals surface area contributed by atoms with Gasteiger partial charge in [-0.2, -0.15) is 5.26 Å². The van der Waals surface area contributed by atoms with E-state index in [1.54, 1.807) is 6.07 Å². The molecular formula is C15H12F2N2O. The van der Waals surface area contributed by atoms with E-state index in [2.05, 4.69) is 5.32 Å². The minimum absolute atomic E-state index is 0.146. The van der Waals surface area contributed by atoms with Gasteiger partial charge in [-0.15, -0.1) is 0 Å². The number of anilines is 1. The summed E-state index contributed by atoms with van der Waals surface area (Å²) in [6.07, 6.45) is 0. The molecule has 2 aromatic carbocycles. The molecule has 0 aromatic heterocycles. The summed E-state index contributed by atoms with van der Waals surface area (Å²) >= 11 is 0. The van der Waals surface area contributed by atoms with E-state index < -0.39 is 11.6 Å². The highest BCUT2D eigenvalue weighted by Gasteiger charge is 2.06. The Bertz CT molecular complexity index is 665. The van der Waals surface area contributed by atoms with E-state index in [1.807, 2.05) is 6.07 Å². The van der Waals surface area contributed by atoms with E-state index in [0.717, 1.165) is 0 Å². The van der Waals surface area contributed by atoms with Crippen molar-refractivity contribution >= 4 is 5.69 Å². The fourth-order valence-electron chi connectivity index (χ4n) is 1.75. The van der Waals surface area contributed by atoms with Gasteiger partial charge >= 0.3 is 0 Å². The highest BCUT2D eigenvalue weighted by molar-refractivity contribution is 5.48. The van der Waals surface area contributed by atoms with Crippen LogP contribution in [0.1, 0.15) is 11.1 Å². The fourth-order valence-corrected chi connectivity index (χ4v) is 1.75. The molecule has 0 atom stereocenters. The highest BCUT2D eigenvalue weighted by atomic mass is 19.1. The Balaban J connectivity index is 2.13. The minimum Gasteiger partial charge on any atom is -0.494 e. The smallest absolute Gasteiger partial charge is 0.167 e. The Morgan fingerprint density at radius 2 is 1.95 bits per heavy atom. The first kappa shape index (κ1) is 13.8. The van der Waals surface area contributed by atoms with Crippen LogP contribution in [0.15, 0.2) is 36.4 Å². The van der Waals surface area contributed by atoms with E-state index in [-0.39, 0.29) is 12.3 Å². The van der Waals surface area contributed by atoms with Crippen molar-refractivity contribution in [3.05, 3.63) is 59.2 Å². The molecule has 0 radical (unpaired) electrons. The lowest BCUT2D eigenvalue weighted by Crippen LogP contribution is -2.03. The number of nitriles is 1. The van der Waals surface area contributed by atoms with E-state index in [9.17, 15) is 8.78 Å². The monoisotopic (exact) mass is 274 g/mol. The van der Waals surface area contributed by atoms with Gasteiger partial charge in [-0.05, 0) is 30.3 Å². The van der Waals surface area contributed by atoms with Gasteiger partial charge in [-0.1, -0.05) is 0 Å².